The van der Waals surface area contributed by atoms with Crippen molar-refractivity contribution in [3.63, 3.8) is 0 Å². The normalized spacial score (nSPS) is 11.3. The van der Waals surface area contributed by atoms with Gasteiger partial charge in [-0.05, 0) is 24.3 Å². The van der Waals surface area contributed by atoms with Gasteiger partial charge in [-0.3, -0.25) is 0 Å². The Morgan fingerprint density at radius 2 is 2.12 bits per heavy atom. The van der Waals surface area contributed by atoms with Crippen LogP contribution in [0.1, 0.15) is 16.1 Å². The predicted octanol–water partition coefficient (Wildman–Crippen LogP) is 4.62. The molecule has 8 heteroatoms. The lowest BCUT2D eigenvalue weighted by Crippen LogP contribution is -2.04. The summed E-state index contributed by atoms with van der Waals surface area (Å²) in [6, 6.07) is 5.76. The van der Waals surface area contributed by atoms with Crippen LogP contribution in [0.5, 0.6) is 0 Å². The Morgan fingerprint density at radius 3 is 2.96 bits per heavy atom. The van der Waals surface area contributed by atoms with E-state index in [2.05, 4.69) is 9.97 Å². The molecule has 4 rings (SSSR count). The van der Waals surface area contributed by atoms with Gasteiger partial charge in [0.1, 0.15) is 12.4 Å². The van der Waals surface area contributed by atoms with Crippen LogP contribution in [0.3, 0.4) is 0 Å². The number of nitrogens with zero attached hydrogens (tertiary/aromatic N) is 2. The molecule has 0 aliphatic carbocycles. The van der Waals surface area contributed by atoms with E-state index in [1.807, 2.05) is 0 Å². The van der Waals surface area contributed by atoms with Crippen LogP contribution in [0.25, 0.3) is 16.6 Å². The summed E-state index contributed by atoms with van der Waals surface area (Å²) in [5, 5.41) is 1.34. The molecule has 0 fully saturated rings. The second kappa shape index (κ2) is 6.06. The number of aromatic amines is 1. The van der Waals surface area contributed by atoms with Crippen molar-refractivity contribution in [1.82, 2.24) is 14.4 Å². The minimum atomic E-state index is -0.571. The summed E-state index contributed by atoms with van der Waals surface area (Å²) in [4.78, 5) is 19.5. The third-order valence-corrected chi connectivity index (χ3v) is 4.22. The Labute approximate surface area is 150 Å². The first kappa shape index (κ1) is 15.9. The van der Waals surface area contributed by atoms with Crippen molar-refractivity contribution in [3.05, 3.63) is 70.0 Å². The molecule has 0 atom stereocenters. The molecule has 0 spiro atoms. The third-order valence-electron chi connectivity index (χ3n) is 3.74. The second-order valence-corrected chi connectivity index (χ2v) is 6.28. The highest BCUT2D eigenvalue weighted by Gasteiger charge is 2.15. The fraction of sp³-hybridized carbons (Fsp3) is 0.0588. The van der Waals surface area contributed by atoms with Crippen LogP contribution in [0.4, 0.5) is 4.39 Å². The van der Waals surface area contributed by atoms with Gasteiger partial charge in [-0.1, -0.05) is 23.2 Å². The molecule has 0 aliphatic heterocycles. The molecule has 0 bridgehead atoms. The molecule has 1 N–H and O–H groups in total. The number of hydrogen-bond donors (Lipinski definition) is 1. The first-order valence-corrected chi connectivity index (χ1v) is 8.03. The summed E-state index contributed by atoms with van der Waals surface area (Å²) in [5.74, 6) is -0.994. The molecule has 4 aromatic rings. The number of H-pyrrole nitrogens is 1. The van der Waals surface area contributed by atoms with E-state index in [9.17, 15) is 9.18 Å². The molecule has 1 aromatic carbocycles. The van der Waals surface area contributed by atoms with Crippen LogP contribution >= 0.6 is 23.2 Å². The summed E-state index contributed by atoms with van der Waals surface area (Å²) >= 11 is 12.0. The maximum absolute atomic E-state index is 13.4. The average molecular weight is 378 g/mol. The molecular formula is C17H10Cl2FN3O2. The lowest BCUT2D eigenvalue weighted by atomic mass is 10.2. The standard InChI is InChI=1S/C17H10Cl2FN3O2/c18-9-3-14(19)16-22-11(7-23(16)6-9)8-25-17(24)13-5-21-15-2-1-10(20)4-12(13)15/h1-7,21H,8H2. The number of nitrogens with one attached hydrogen (secondary N) is 1. The van der Waals surface area contributed by atoms with Crippen LogP contribution in [-0.2, 0) is 11.3 Å². The number of carbonyl (C=O) groups is 1. The Morgan fingerprint density at radius 1 is 1.28 bits per heavy atom. The highest BCUT2D eigenvalue weighted by atomic mass is 35.5. The van der Waals surface area contributed by atoms with Gasteiger partial charge in [0.05, 0.1) is 21.3 Å². The SMILES string of the molecule is O=C(OCc1cn2cc(Cl)cc(Cl)c2n1)c1c[nH]c2ccc(F)cc12. The van der Waals surface area contributed by atoms with Crippen molar-refractivity contribution >= 4 is 45.7 Å². The van der Waals surface area contributed by atoms with Gasteiger partial charge in [-0.25, -0.2) is 14.2 Å². The van der Waals surface area contributed by atoms with Crippen molar-refractivity contribution < 1.29 is 13.9 Å². The molecule has 0 radical (unpaired) electrons. The molecule has 0 saturated carbocycles. The van der Waals surface area contributed by atoms with E-state index in [1.54, 1.807) is 28.9 Å². The van der Waals surface area contributed by atoms with E-state index < -0.39 is 11.8 Å². The van der Waals surface area contributed by atoms with E-state index in [0.29, 0.717) is 32.3 Å². The van der Waals surface area contributed by atoms with Crippen molar-refractivity contribution in [2.45, 2.75) is 6.61 Å². The lowest BCUT2D eigenvalue weighted by molar-refractivity contribution is 0.0470. The number of benzene rings is 1. The number of rotatable bonds is 3. The zero-order valence-electron chi connectivity index (χ0n) is 12.6. The average Bonchev–Trinajstić information content (AvgIpc) is 3.16. The van der Waals surface area contributed by atoms with E-state index in [0.717, 1.165) is 0 Å². The van der Waals surface area contributed by atoms with Gasteiger partial charge in [0.25, 0.3) is 0 Å². The lowest BCUT2D eigenvalue weighted by Gasteiger charge is -2.01. The smallest absolute Gasteiger partial charge is 0.340 e. The van der Waals surface area contributed by atoms with Gasteiger partial charge in [-0.15, -0.1) is 0 Å². The van der Waals surface area contributed by atoms with Gasteiger partial charge in [0.15, 0.2) is 5.65 Å². The first-order valence-electron chi connectivity index (χ1n) is 7.27. The highest BCUT2D eigenvalue weighted by molar-refractivity contribution is 6.36. The molecule has 0 aliphatic rings. The molecule has 5 nitrogen and oxygen atoms in total. The van der Waals surface area contributed by atoms with Crippen molar-refractivity contribution in [3.8, 4) is 0 Å². The Hall–Kier alpha value is -2.57. The zero-order chi connectivity index (χ0) is 17.6. The number of pyridine rings is 1. The Kier molecular flexibility index (Phi) is 3.86. The number of aromatic nitrogens is 3. The third kappa shape index (κ3) is 2.94. The van der Waals surface area contributed by atoms with Crippen LogP contribution in [0.15, 0.2) is 42.9 Å². The largest absolute Gasteiger partial charge is 0.455 e. The quantitative estimate of drug-likeness (QED) is 0.530. The Bertz CT molecular complexity index is 1120. The fourth-order valence-electron chi connectivity index (χ4n) is 2.62. The van der Waals surface area contributed by atoms with Gasteiger partial charge >= 0.3 is 5.97 Å². The van der Waals surface area contributed by atoms with Gasteiger partial charge < -0.3 is 14.1 Å². The summed E-state index contributed by atoms with van der Waals surface area (Å²) in [6.07, 6.45) is 4.82. The molecular weight excluding hydrogens is 368 g/mol. The molecule has 3 heterocycles. The second-order valence-electron chi connectivity index (χ2n) is 5.44. The van der Waals surface area contributed by atoms with Crippen LogP contribution in [-0.4, -0.2) is 20.3 Å². The molecule has 0 unspecified atom stereocenters. The molecule has 0 amide bonds. The van der Waals surface area contributed by atoms with E-state index in [1.165, 1.54) is 18.3 Å². The van der Waals surface area contributed by atoms with Crippen molar-refractivity contribution in [1.29, 1.82) is 0 Å². The van der Waals surface area contributed by atoms with Crippen LogP contribution in [0, 0.1) is 5.82 Å². The molecule has 3 aromatic heterocycles. The summed E-state index contributed by atoms with van der Waals surface area (Å²) < 4.78 is 20.3. The number of hydrogen-bond acceptors (Lipinski definition) is 3. The number of ether oxygens (including phenoxy) is 1. The number of carbonyl (C=O) groups excluding carboxylic acids is 1. The minimum Gasteiger partial charge on any atom is -0.455 e. The van der Waals surface area contributed by atoms with Gasteiger partial charge in [0, 0.05) is 29.5 Å². The monoisotopic (exact) mass is 377 g/mol. The van der Waals surface area contributed by atoms with Crippen molar-refractivity contribution in [2.24, 2.45) is 0 Å². The van der Waals surface area contributed by atoms with Gasteiger partial charge in [-0.2, -0.15) is 0 Å². The summed E-state index contributed by atoms with van der Waals surface area (Å²) in [5.41, 5.74) is 1.96. The minimum absolute atomic E-state index is 0.0452. The summed E-state index contributed by atoms with van der Waals surface area (Å²) in [7, 11) is 0. The maximum Gasteiger partial charge on any atom is 0.340 e. The van der Waals surface area contributed by atoms with Crippen LogP contribution < -0.4 is 0 Å². The molecule has 0 saturated heterocycles. The highest BCUT2D eigenvalue weighted by Crippen LogP contribution is 2.23. The predicted molar refractivity (Wildman–Crippen MR) is 92.6 cm³/mol. The van der Waals surface area contributed by atoms with E-state index in [4.69, 9.17) is 27.9 Å². The number of halogens is 3. The number of fused-ring (bicyclic) bond motifs is 2. The topological polar surface area (TPSA) is 59.4 Å². The van der Waals surface area contributed by atoms with Crippen LogP contribution in [0.2, 0.25) is 10.0 Å². The maximum atomic E-state index is 13.4. The van der Waals surface area contributed by atoms with E-state index >= 15 is 0 Å². The first-order chi connectivity index (χ1) is 12.0. The Balaban J connectivity index is 1.57. The summed E-state index contributed by atoms with van der Waals surface area (Å²) in [6.45, 7) is -0.0452. The van der Waals surface area contributed by atoms with E-state index in [-0.39, 0.29) is 12.2 Å². The molecule has 25 heavy (non-hydrogen) atoms. The number of esters is 1. The van der Waals surface area contributed by atoms with Crippen molar-refractivity contribution in [2.75, 3.05) is 0 Å². The number of imidazole rings is 1. The van der Waals surface area contributed by atoms with Gasteiger partial charge in [0.2, 0.25) is 0 Å². The molecule has 126 valence electrons. The fourth-order valence-corrected chi connectivity index (χ4v) is 3.15. The zero-order valence-corrected chi connectivity index (χ0v) is 14.1.